The van der Waals surface area contributed by atoms with E-state index in [0.29, 0.717) is 12.1 Å². The van der Waals surface area contributed by atoms with Crippen LogP contribution in [0.5, 0.6) is 5.75 Å². The molecule has 1 heterocycles. The molecule has 1 aromatic carbocycles. The molecule has 4 nitrogen and oxygen atoms in total. The largest absolute Gasteiger partial charge is 0.497 e. The number of hydrogen-bond donors (Lipinski definition) is 3. The summed E-state index contributed by atoms with van der Waals surface area (Å²) in [6, 6.07) is 7.05. The molecule has 0 saturated heterocycles. The molecule has 2 aromatic rings. The second kappa shape index (κ2) is 6.77. The average Bonchev–Trinajstić information content (AvgIpc) is 2.90. The zero-order chi connectivity index (χ0) is 17.3. The maximum atomic E-state index is 9.39. The number of H-pyrrole nitrogens is 1. The van der Waals surface area contributed by atoms with Crippen LogP contribution in [-0.4, -0.2) is 35.9 Å². The van der Waals surface area contributed by atoms with Gasteiger partial charge >= 0.3 is 0 Å². The van der Waals surface area contributed by atoms with Gasteiger partial charge in [-0.15, -0.1) is 0 Å². The lowest BCUT2D eigenvalue weighted by Gasteiger charge is -2.36. The topological polar surface area (TPSA) is 57.3 Å². The number of aromatic nitrogens is 1. The molecule has 1 aliphatic carbocycles. The first kappa shape index (κ1) is 17.3. The zero-order valence-corrected chi connectivity index (χ0v) is 15.3. The molecule has 132 valence electrons. The lowest BCUT2D eigenvalue weighted by atomic mass is 9.83. The van der Waals surface area contributed by atoms with Crippen LogP contribution in [0, 0.1) is 5.41 Å². The molecule has 0 saturated carbocycles. The summed E-state index contributed by atoms with van der Waals surface area (Å²) in [4.78, 5) is 3.57. The van der Waals surface area contributed by atoms with Crippen LogP contribution in [0.2, 0.25) is 0 Å². The molecular formula is C20H30N2O2. The van der Waals surface area contributed by atoms with E-state index in [9.17, 15) is 5.11 Å². The normalized spacial score (nSPS) is 19.3. The maximum Gasteiger partial charge on any atom is 0.119 e. The smallest absolute Gasteiger partial charge is 0.119 e. The number of nitrogens with one attached hydrogen (secondary N) is 2. The lowest BCUT2D eigenvalue weighted by molar-refractivity contribution is 0.181. The third-order valence-corrected chi connectivity index (χ3v) is 5.30. The SMILES string of the molecule is COc1ccc2[nH]c3c(c2c1)C[C@H](N[C@H](CCO)C(C)(C)C)CC3. The third-order valence-electron chi connectivity index (χ3n) is 5.30. The number of rotatable bonds is 5. The molecule has 3 rings (SSSR count). The summed E-state index contributed by atoms with van der Waals surface area (Å²) in [5.74, 6) is 0.909. The fourth-order valence-corrected chi connectivity index (χ4v) is 3.85. The van der Waals surface area contributed by atoms with Crippen molar-refractivity contribution >= 4 is 10.9 Å². The summed E-state index contributed by atoms with van der Waals surface area (Å²) < 4.78 is 5.39. The van der Waals surface area contributed by atoms with Gasteiger partial charge < -0.3 is 20.1 Å². The molecule has 0 aliphatic heterocycles. The Hall–Kier alpha value is -1.52. The van der Waals surface area contributed by atoms with Gasteiger partial charge in [0.15, 0.2) is 0 Å². The number of aryl methyl sites for hydroxylation is 1. The van der Waals surface area contributed by atoms with E-state index < -0.39 is 0 Å². The Morgan fingerprint density at radius 1 is 1.38 bits per heavy atom. The van der Waals surface area contributed by atoms with Crippen LogP contribution < -0.4 is 10.1 Å². The van der Waals surface area contributed by atoms with E-state index in [2.05, 4.69) is 43.2 Å². The van der Waals surface area contributed by atoms with Gasteiger partial charge in [0.25, 0.3) is 0 Å². The van der Waals surface area contributed by atoms with Crippen LogP contribution in [0.3, 0.4) is 0 Å². The van der Waals surface area contributed by atoms with E-state index in [-0.39, 0.29) is 12.0 Å². The fraction of sp³-hybridized carbons (Fsp3) is 0.600. The minimum atomic E-state index is 0.145. The first-order valence-corrected chi connectivity index (χ1v) is 8.96. The molecule has 0 fully saturated rings. The van der Waals surface area contributed by atoms with Gasteiger partial charge in [-0.1, -0.05) is 20.8 Å². The number of aliphatic hydroxyl groups is 1. The van der Waals surface area contributed by atoms with Crippen LogP contribution >= 0.6 is 0 Å². The minimum Gasteiger partial charge on any atom is -0.497 e. The quantitative estimate of drug-likeness (QED) is 0.787. The van der Waals surface area contributed by atoms with E-state index in [1.54, 1.807) is 7.11 Å². The highest BCUT2D eigenvalue weighted by Crippen LogP contribution is 2.32. The zero-order valence-electron chi connectivity index (χ0n) is 15.3. The Labute approximate surface area is 144 Å². The standard InChI is InChI=1S/C20H30N2O2/c1-20(2,3)19(9-10-23)21-13-5-7-17-15(11-13)16-12-14(24-4)6-8-18(16)22-17/h6,8,12-13,19,21-23H,5,7,9-11H2,1-4H3/t13-,19-/m1/s1. The first-order valence-electron chi connectivity index (χ1n) is 8.96. The van der Waals surface area contributed by atoms with E-state index in [1.165, 1.54) is 22.2 Å². The molecular weight excluding hydrogens is 300 g/mol. The highest BCUT2D eigenvalue weighted by molar-refractivity contribution is 5.86. The van der Waals surface area contributed by atoms with Gasteiger partial charge in [-0.05, 0) is 54.9 Å². The molecule has 1 aromatic heterocycles. The van der Waals surface area contributed by atoms with Gasteiger partial charge in [0.2, 0.25) is 0 Å². The number of fused-ring (bicyclic) bond motifs is 3. The van der Waals surface area contributed by atoms with Crippen LogP contribution in [0.15, 0.2) is 18.2 Å². The van der Waals surface area contributed by atoms with Crippen molar-refractivity contribution in [1.82, 2.24) is 10.3 Å². The second-order valence-corrected chi connectivity index (χ2v) is 8.03. The van der Waals surface area contributed by atoms with Crippen molar-refractivity contribution in [2.24, 2.45) is 5.41 Å². The molecule has 0 radical (unpaired) electrons. The molecule has 0 amide bonds. The highest BCUT2D eigenvalue weighted by Gasteiger charge is 2.29. The summed E-state index contributed by atoms with van der Waals surface area (Å²) in [6.07, 6.45) is 4.03. The predicted octanol–water partition coefficient (Wildman–Crippen LogP) is 3.42. The summed E-state index contributed by atoms with van der Waals surface area (Å²) in [6.45, 7) is 6.96. The van der Waals surface area contributed by atoms with Gasteiger partial charge in [-0.2, -0.15) is 0 Å². The molecule has 2 atom stereocenters. The Bertz CT molecular complexity index is 699. The fourth-order valence-electron chi connectivity index (χ4n) is 3.85. The summed E-state index contributed by atoms with van der Waals surface area (Å²) >= 11 is 0. The Balaban J connectivity index is 1.82. The maximum absolute atomic E-state index is 9.39. The average molecular weight is 330 g/mol. The summed E-state index contributed by atoms with van der Waals surface area (Å²) in [5, 5.41) is 14.5. The van der Waals surface area contributed by atoms with Crippen molar-refractivity contribution in [3.8, 4) is 5.75 Å². The number of methoxy groups -OCH3 is 1. The first-order chi connectivity index (χ1) is 11.4. The Morgan fingerprint density at radius 2 is 2.17 bits per heavy atom. The molecule has 0 spiro atoms. The van der Waals surface area contributed by atoms with E-state index in [1.807, 2.05) is 6.07 Å². The van der Waals surface area contributed by atoms with Gasteiger partial charge in [-0.25, -0.2) is 0 Å². The van der Waals surface area contributed by atoms with Crippen LogP contribution in [0.4, 0.5) is 0 Å². The predicted molar refractivity (Wildman–Crippen MR) is 98.7 cm³/mol. The number of aliphatic hydroxyl groups excluding tert-OH is 1. The number of benzene rings is 1. The van der Waals surface area contributed by atoms with Crippen molar-refractivity contribution < 1.29 is 9.84 Å². The number of ether oxygens (including phenoxy) is 1. The highest BCUT2D eigenvalue weighted by atomic mass is 16.5. The van der Waals surface area contributed by atoms with Crippen molar-refractivity contribution in [3.63, 3.8) is 0 Å². The van der Waals surface area contributed by atoms with Gasteiger partial charge in [0.05, 0.1) is 7.11 Å². The van der Waals surface area contributed by atoms with Crippen molar-refractivity contribution in [2.45, 2.75) is 58.5 Å². The van der Waals surface area contributed by atoms with Crippen molar-refractivity contribution in [3.05, 3.63) is 29.5 Å². The number of hydrogen-bond acceptors (Lipinski definition) is 3. The minimum absolute atomic E-state index is 0.145. The molecule has 24 heavy (non-hydrogen) atoms. The Kier molecular flexibility index (Phi) is 4.88. The van der Waals surface area contributed by atoms with E-state index in [4.69, 9.17) is 4.74 Å². The second-order valence-electron chi connectivity index (χ2n) is 8.03. The van der Waals surface area contributed by atoms with Gasteiger partial charge in [-0.3, -0.25) is 0 Å². The molecule has 3 N–H and O–H groups in total. The Morgan fingerprint density at radius 3 is 2.83 bits per heavy atom. The molecule has 0 unspecified atom stereocenters. The van der Waals surface area contributed by atoms with E-state index in [0.717, 1.165) is 31.4 Å². The lowest BCUT2D eigenvalue weighted by Crippen LogP contribution is -2.48. The molecule has 0 bridgehead atoms. The molecule has 1 aliphatic rings. The molecule has 4 heteroatoms. The van der Waals surface area contributed by atoms with Crippen LogP contribution in [0.25, 0.3) is 10.9 Å². The van der Waals surface area contributed by atoms with Crippen molar-refractivity contribution in [2.75, 3.05) is 13.7 Å². The monoisotopic (exact) mass is 330 g/mol. The van der Waals surface area contributed by atoms with Gasteiger partial charge in [0, 0.05) is 35.3 Å². The summed E-state index contributed by atoms with van der Waals surface area (Å²) in [5.41, 5.74) is 4.13. The van der Waals surface area contributed by atoms with Gasteiger partial charge in [0.1, 0.15) is 5.75 Å². The number of aromatic amines is 1. The summed E-state index contributed by atoms with van der Waals surface area (Å²) in [7, 11) is 1.72. The third kappa shape index (κ3) is 3.45. The van der Waals surface area contributed by atoms with Crippen molar-refractivity contribution in [1.29, 1.82) is 0 Å². The van der Waals surface area contributed by atoms with E-state index >= 15 is 0 Å². The van der Waals surface area contributed by atoms with Crippen LogP contribution in [0.1, 0.15) is 44.9 Å². The van der Waals surface area contributed by atoms with Crippen LogP contribution in [-0.2, 0) is 12.8 Å².